The molecule has 1 aliphatic rings. The van der Waals surface area contributed by atoms with E-state index in [-0.39, 0.29) is 0 Å². The minimum Gasteiger partial charge on any atom is -0.310 e. The molecule has 1 unspecified atom stereocenters. The van der Waals surface area contributed by atoms with Crippen LogP contribution in [0.15, 0.2) is 18.5 Å². The lowest BCUT2D eigenvalue weighted by atomic mass is 10.1. The van der Waals surface area contributed by atoms with Crippen molar-refractivity contribution < 1.29 is 0 Å². The second-order valence-electron chi connectivity index (χ2n) is 5.72. The van der Waals surface area contributed by atoms with Gasteiger partial charge in [0.05, 0.1) is 5.69 Å². The van der Waals surface area contributed by atoms with Gasteiger partial charge in [0.1, 0.15) is 0 Å². The average Bonchev–Trinajstić information content (AvgIpc) is 3.14. The molecule has 0 saturated heterocycles. The Balaban J connectivity index is 1.63. The van der Waals surface area contributed by atoms with Gasteiger partial charge in [0.25, 0.3) is 0 Å². The molecule has 0 aliphatic heterocycles. The highest BCUT2D eigenvalue weighted by Crippen LogP contribution is 2.34. The predicted octanol–water partition coefficient (Wildman–Crippen LogP) is 2.71. The molecule has 1 fully saturated rings. The first kappa shape index (κ1) is 12.6. The van der Waals surface area contributed by atoms with Crippen LogP contribution in [0, 0.1) is 12.8 Å². The third-order valence-electron chi connectivity index (χ3n) is 3.89. The van der Waals surface area contributed by atoms with Crippen molar-refractivity contribution in [1.82, 2.24) is 19.9 Å². The van der Waals surface area contributed by atoms with Gasteiger partial charge in [0.2, 0.25) is 0 Å². The van der Waals surface area contributed by atoms with Gasteiger partial charge in [-0.1, -0.05) is 19.8 Å². The Labute approximate surface area is 114 Å². The van der Waals surface area contributed by atoms with Crippen molar-refractivity contribution in [3.05, 3.63) is 29.7 Å². The molecule has 0 radical (unpaired) electrons. The fourth-order valence-corrected chi connectivity index (χ4v) is 2.54. The number of nitrogens with one attached hydrogen (secondary N) is 1. The fraction of sp³-hybridized carbons (Fsp3) is 0.600. The SMILES string of the molecule is CCC(CC1CC1)NCc1cnc2cc(C)nn2c1. The van der Waals surface area contributed by atoms with E-state index in [2.05, 4.69) is 28.5 Å². The normalized spacial score (nSPS) is 16.9. The van der Waals surface area contributed by atoms with Crippen LogP contribution in [-0.2, 0) is 6.54 Å². The van der Waals surface area contributed by atoms with E-state index in [1.165, 1.54) is 31.2 Å². The van der Waals surface area contributed by atoms with E-state index in [1.54, 1.807) is 0 Å². The number of aryl methyl sites for hydroxylation is 1. The number of hydrogen-bond donors (Lipinski definition) is 1. The summed E-state index contributed by atoms with van der Waals surface area (Å²) in [5, 5.41) is 8.05. The number of rotatable bonds is 6. The largest absolute Gasteiger partial charge is 0.310 e. The first-order valence-corrected chi connectivity index (χ1v) is 7.29. The van der Waals surface area contributed by atoms with Crippen LogP contribution >= 0.6 is 0 Å². The van der Waals surface area contributed by atoms with Crippen LogP contribution in [-0.4, -0.2) is 20.6 Å². The van der Waals surface area contributed by atoms with Gasteiger partial charge in [-0.25, -0.2) is 9.50 Å². The Morgan fingerprint density at radius 3 is 3.05 bits per heavy atom. The Kier molecular flexibility index (Phi) is 3.51. The summed E-state index contributed by atoms with van der Waals surface area (Å²) in [7, 11) is 0. The standard InChI is InChI=1S/C15H22N4/c1-3-14(7-12-4-5-12)16-8-13-9-17-15-6-11(2)18-19(15)10-13/h6,9-10,12,14,16H,3-5,7-8H2,1-2H3. The lowest BCUT2D eigenvalue weighted by Crippen LogP contribution is -2.28. The Hall–Kier alpha value is -1.42. The first-order chi connectivity index (χ1) is 9.24. The third-order valence-corrected chi connectivity index (χ3v) is 3.89. The second kappa shape index (κ2) is 5.29. The lowest BCUT2D eigenvalue weighted by molar-refractivity contribution is 0.444. The Bertz CT molecular complexity index is 556. The van der Waals surface area contributed by atoms with Crippen LogP contribution in [0.4, 0.5) is 0 Å². The maximum Gasteiger partial charge on any atom is 0.155 e. The molecule has 0 amide bonds. The zero-order valence-corrected chi connectivity index (χ0v) is 11.8. The van der Waals surface area contributed by atoms with E-state index in [4.69, 9.17) is 0 Å². The van der Waals surface area contributed by atoms with Crippen molar-refractivity contribution in [1.29, 1.82) is 0 Å². The van der Waals surface area contributed by atoms with Crippen LogP contribution in [0.25, 0.3) is 5.65 Å². The number of hydrogen-bond acceptors (Lipinski definition) is 3. The molecule has 0 aromatic carbocycles. The molecule has 0 spiro atoms. The molecule has 19 heavy (non-hydrogen) atoms. The number of nitrogens with zero attached hydrogens (tertiary/aromatic N) is 3. The number of aromatic nitrogens is 3. The van der Waals surface area contributed by atoms with Crippen molar-refractivity contribution >= 4 is 5.65 Å². The zero-order chi connectivity index (χ0) is 13.2. The van der Waals surface area contributed by atoms with E-state index in [0.29, 0.717) is 6.04 Å². The summed E-state index contributed by atoms with van der Waals surface area (Å²) in [5.41, 5.74) is 3.13. The van der Waals surface area contributed by atoms with E-state index in [9.17, 15) is 0 Å². The molecule has 1 saturated carbocycles. The van der Waals surface area contributed by atoms with Gasteiger partial charge in [0, 0.05) is 36.6 Å². The van der Waals surface area contributed by atoms with Crippen LogP contribution in [0.1, 0.15) is 43.9 Å². The first-order valence-electron chi connectivity index (χ1n) is 7.29. The predicted molar refractivity (Wildman–Crippen MR) is 76.0 cm³/mol. The molecule has 3 rings (SSSR count). The van der Waals surface area contributed by atoms with Crippen molar-refractivity contribution in [2.75, 3.05) is 0 Å². The van der Waals surface area contributed by atoms with Crippen LogP contribution < -0.4 is 5.32 Å². The van der Waals surface area contributed by atoms with Crippen LogP contribution in [0.3, 0.4) is 0 Å². The summed E-state index contributed by atoms with van der Waals surface area (Å²) >= 11 is 0. The minimum atomic E-state index is 0.641. The fourth-order valence-electron chi connectivity index (χ4n) is 2.54. The third kappa shape index (κ3) is 3.13. The molecular weight excluding hydrogens is 236 g/mol. The summed E-state index contributed by atoms with van der Waals surface area (Å²) in [6.45, 7) is 5.14. The molecule has 2 aromatic heterocycles. The molecule has 2 heterocycles. The Morgan fingerprint density at radius 1 is 1.47 bits per heavy atom. The highest BCUT2D eigenvalue weighted by molar-refractivity contribution is 5.38. The highest BCUT2D eigenvalue weighted by Gasteiger charge is 2.24. The molecule has 4 nitrogen and oxygen atoms in total. The molecule has 1 aliphatic carbocycles. The van der Waals surface area contributed by atoms with Crippen LogP contribution in [0.2, 0.25) is 0 Å². The van der Waals surface area contributed by atoms with E-state index < -0.39 is 0 Å². The van der Waals surface area contributed by atoms with Crippen molar-refractivity contribution in [2.45, 2.75) is 52.1 Å². The van der Waals surface area contributed by atoms with Gasteiger partial charge < -0.3 is 5.32 Å². The molecule has 102 valence electrons. The lowest BCUT2D eigenvalue weighted by Gasteiger charge is -2.16. The van der Waals surface area contributed by atoms with Crippen molar-refractivity contribution in [3.8, 4) is 0 Å². The van der Waals surface area contributed by atoms with Gasteiger partial charge in [-0.3, -0.25) is 0 Å². The molecule has 1 N–H and O–H groups in total. The summed E-state index contributed by atoms with van der Waals surface area (Å²) in [4.78, 5) is 4.44. The summed E-state index contributed by atoms with van der Waals surface area (Å²) in [6, 6.07) is 2.64. The smallest absolute Gasteiger partial charge is 0.155 e. The summed E-state index contributed by atoms with van der Waals surface area (Å²) in [5.74, 6) is 0.979. The van der Waals surface area contributed by atoms with Gasteiger partial charge >= 0.3 is 0 Å². The summed E-state index contributed by atoms with van der Waals surface area (Å²) < 4.78 is 1.87. The summed E-state index contributed by atoms with van der Waals surface area (Å²) in [6.07, 6.45) is 9.41. The van der Waals surface area contributed by atoms with E-state index in [0.717, 1.165) is 23.8 Å². The topological polar surface area (TPSA) is 42.2 Å². The molecule has 0 bridgehead atoms. The van der Waals surface area contributed by atoms with Gasteiger partial charge in [-0.15, -0.1) is 0 Å². The van der Waals surface area contributed by atoms with Crippen molar-refractivity contribution in [2.24, 2.45) is 5.92 Å². The van der Waals surface area contributed by atoms with Crippen molar-refractivity contribution in [3.63, 3.8) is 0 Å². The van der Waals surface area contributed by atoms with Gasteiger partial charge in [0.15, 0.2) is 5.65 Å². The number of fused-ring (bicyclic) bond motifs is 1. The average molecular weight is 258 g/mol. The molecular formula is C15H22N4. The Morgan fingerprint density at radius 2 is 2.32 bits per heavy atom. The van der Waals surface area contributed by atoms with Crippen LogP contribution in [0.5, 0.6) is 0 Å². The zero-order valence-electron chi connectivity index (χ0n) is 11.8. The minimum absolute atomic E-state index is 0.641. The molecule has 4 heteroatoms. The highest BCUT2D eigenvalue weighted by atomic mass is 15.2. The maximum atomic E-state index is 4.44. The second-order valence-corrected chi connectivity index (χ2v) is 5.72. The van der Waals surface area contributed by atoms with E-state index >= 15 is 0 Å². The maximum absolute atomic E-state index is 4.44. The molecule has 1 atom stereocenters. The molecule has 2 aromatic rings. The van der Waals surface area contributed by atoms with Gasteiger partial charge in [-0.05, 0) is 25.7 Å². The van der Waals surface area contributed by atoms with E-state index in [1.807, 2.05) is 23.7 Å². The quantitative estimate of drug-likeness (QED) is 0.866. The van der Waals surface area contributed by atoms with Gasteiger partial charge in [-0.2, -0.15) is 5.10 Å². The monoisotopic (exact) mass is 258 g/mol.